The second-order valence-corrected chi connectivity index (χ2v) is 24.5. The second-order valence-electron chi connectivity index (χ2n) is 24.5. The van der Waals surface area contributed by atoms with Gasteiger partial charge in [0.15, 0.2) is 0 Å². The third-order valence-corrected chi connectivity index (χ3v) is 14.4. The van der Waals surface area contributed by atoms with Crippen LogP contribution in [0.15, 0.2) is 125 Å². The second kappa shape index (κ2) is 61.2. The van der Waals surface area contributed by atoms with Crippen LogP contribution in [0.25, 0.3) is 0 Å². The number of imidazole rings is 10. The van der Waals surface area contributed by atoms with E-state index in [1.54, 1.807) is 62.0 Å². The Kier molecular flexibility index (Phi) is 54.0. The quantitative estimate of drug-likeness (QED) is 0.0164. The van der Waals surface area contributed by atoms with E-state index in [-0.39, 0.29) is 64.2 Å². The van der Waals surface area contributed by atoms with Gasteiger partial charge in [-0.1, -0.05) is 6.42 Å². The number of aliphatic carboxylic acids is 11. The van der Waals surface area contributed by atoms with Crippen molar-refractivity contribution in [3.05, 3.63) is 182 Å². The molecule has 0 saturated carbocycles. The van der Waals surface area contributed by atoms with Gasteiger partial charge in [-0.15, -0.1) is 0 Å². The number of nitrogens with one attached hydrogen (secondary N) is 10. The highest BCUT2D eigenvalue weighted by atomic mass is 16.4. The van der Waals surface area contributed by atoms with Crippen LogP contribution < -0.4 is 68.8 Å². The van der Waals surface area contributed by atoms with Crippen molar-refractivity contribution >= 4 is 65.7 Å². The van der Waals surface area contributed by atoms with Crippen LogP contribution >= 0.6 is 0 Å². The van der Waals surface area contributed by atoms with Crippen LogP contribution in [0.5, 0.6) is 0 Å². The number of hydrogen-bond acceptors (Lipinski definition) is 33. The fraction of sp³-hybridized carbons (Fsp3) is 0.379. The number of carbonyl (C=O) groups is 11. The topological polar surface area (TPSA) is 1010 Å². The summed E-state index contributed by atoms with van der Waals surface area (Å²) in [7, 11) is 0. The number of aromatic nitrogens is 20. The molecule has 0 fully saturated rings. The van der Waals surface area contributed by atoms with Crippen LogP contribution in [-0.2, 0) is 117 Å². The van der Waals surface area contributed by atoms with Gasteiger partial charge in [-0.3, -0.25) is 52.7 Å². The van der Waals surface area contributed by atoms with E-state index in [0.717, 1.165) is 69.8 Å². The van der Waals surface area contributed by atoms with E-state index in [9.17, 15) is 52.7 Å². The van der Waals surface area contributed by atoms with Crippen LogP contribution in [0.1, 0.15) is 76.2 Å². The first-order chi connectivity index (χ1) is 56.7. The minimum atomic E-state index is -1.00. The van der Waals surface area contributed by atoms with Crippen LogP contribution in [0.4, 0.5) is 0 Å². The summed E-state index contributed by atoms with van der Waals surface area (Å²) in [5.74, 6) is -10.9. The van der Waals surface area contributed by atoms with Gasteiger partial charge in [0.25, 0.3) is 0 Å². The van der Waals surface area contributed by atoms with E-state index < -0.39 is 132 Å². The summed E-state index contributed by atoms with van der Waals surface area (Å²) in [6.45, 7) is 0.604. The van der Waals surface area contributed by atoms with Crippen LogP contribution in [-0.4, -0.2) is 295 Å². The van der Waals surface area contributed by atoms with Crippen molar-refractivity contribution in [1.82, 2.24) is 99.7 Å². The highest BCUT2D eigenvalue weighted by Gasteiger charge is 2.19. The van der Waals surface area contributed by atoms with Gasteiger partial charge in [0.05, 0.1) is 63.3 Å². The molecule has 660 valence electrons. The monoisotopic (exact) mass is 1700 g/mol. The summed E-state index contributed by atoms with van der Waals surface area (Å²) in [5.41, 5.74) is 70.4. The zero-order valence-corrected chi connectivity index (χ0v) is 64.1. The van der Waals surface area contributed by atoms with Gasteiger partial charge in [-0.25, -0.2) is 49.8 Å². The fourth-order valence-corrected chi connectivity index (χ4v) is 7.84. The highest BCUT2D eigenvalue weighted by molar-refractivity contribution is 5.77. The van der Waals surface area contributed by atoms with Gasteiger partial charge in [0.2, 0.25) is 0 Å². The lowest BCUT2D eigenvalue weighted by molar-refractivity contribution is -0.139. The van der Waals surface area contributed by atoms with Gasteiger partial charge in [-0.2, -0.15) is 0 Å². The van der Waals surface area contributed by atoms with E-state index in [0.29, 0.717) is 13.0 Å². The van der Waals surface area contributed by atoms with Crippen molar-refractivity contribution in [3.63, 3.8) is 0 Å². The van der Waals surface area contributed by atoms with Crippen molar-refractivity contribution in [2.45, 2.75) is 150 Å². The molecule has 0 aliphatic carbocycles. The fourth-order valence-electron chi connectivity index (χ4n) is 7.84. The van der Waals surface area contributed by atoms with Crippen LogP contribution in [0, 0.1) is 0 Å². The molecule has 0 bridgehead atoms. The predicted octanol–water partition coefficient (Wildman–Crippen LogP) is -6.83. The number of nitrogens with two attached hydrogens (primary N) is 12. The maximum atomic E-state index is 10.3. The maximum absolute atomic E-state index is 10.3. The van der Waals surface area contributed by atoms with Gasteiger partial charge in [-0.05, 0) is 19.4 Å². The zero-order valence-electron chi connectivity index (χ0n) is 64.1. The third kappa shape index (κ3) is 52.3. The minimum absolute atomic E-state index is 0.287. The van der Waals surface area contributed by atoms with E-state index in [1.165, 1.54) is 63.3 Å². The molecule has 10 rings (SSSR count). The Morgan fingerprint density at radius 1 is 0.208 bits per heavy atom. The number of carboxylic acid groups (broad SMARTS) is 11. The lowest BCUT2D eigenvalue weighted by Gasteiger charge is -2.03. The molecule has 0 spiro atoms. The number of carboxylic acids is 11. The number of hydrogen-bond donors (Lipinski definition) is 33. The molecule has 0 unspecified atom stereocenters. The summed E-state index contributed by atoms with van der Waals surface area (Å²) in [6, 6.07) is -9.23. The molecule has 0 amide bonds. The summed E-state index contributed by atoms with van der Waals surface area (Å²) in [5, 5.41) is 92.5. The first kappa shape index (κ1) is 106. The molecule has 45 N–H and O–H groups in total. The first-order valence-electron chi connectivity index (χ1n) is 34.9. The van der Waals surface area contributed by atoms with E-state index in [2.05, 4.69) is 99.7 Å². The molecule has 10 heterocycles. The van der Waals surface area contributed by atoms with E-state index >= 15 is 0 Å². The Balaban J connectivity index is 0.00000130. The molecular formula is C66H104N32O22. The summed E-state index contributed by atoms with van der Waals surface area (Å²) < 4.78 is 0. The van der Waals surface area contributed by atoms with Crippen molar-refractivity contribution < 1.29 is 109 Å². The van der Waals surface area contributed by atoms with E-state index in [1.807, 2.05) is 0 Å². The summed E-state index contributed by atoms with van der Waals surface area (Å²) in [4.78, 5) is 178. The van der Waals surface area contributed by atoms with Crippen LogP contribution in [0.2, 0.25) is 0 Å². The zero-order chi connectivity index (χ0) is 90.7. The van der Waals surface area contributed by atoms with Gasteiger partial charge < -0.3 is 175 Å². The van der Waals surface area contributed by atoms with Gasteiger partial charge in [0, 0.05) is 183 Å². The maximum Gasteiger partial charge on any atom is 0.320 e. The number of H-pyrrole nitrogens is 10. The molecule has 0 saturated heterocycles. The highest BCUT2D eigenvalue weighted by Crippen LogP contribution is 2.04. The van der Waals surface area contributed by atoms with Gasteiger partial charge in [0.1, 0.15) is 66.5 Å². The molecule has 10 aromatic heterocycles. The normalized spacial score (nSPS) is 12.8. The largest absolute Gasteiger partial charge is 0.480 e. The molecular weight excluding hydrogens is 1590 g/mol. The summed E-state index contributed by atoms with van der Waals surface area (Å²) in [6.07, 6.45) is 35.5. The molecule has 0 aromatic carbocycles. The molecule has 0 aliphatic rings. The standard InChI is InChI=1S/10C6H9N3O2.C6H14N2O2/c10*7-5(6(10)11)1-4-2-8-3-9-4;7-4-2-1-3-5(8)6(9)10/h10*2-3,5H,1,7H2,(H,8,9)(H,10,11);5H,1-4,7-8H2,(H,9,10)/t11*5-/m00000000000/s1. The average molecular weight is 1700 g/mol. The van der Waals surface area contributed by atoms with E-state index in [4.69, 9.17) is 125 Å². The molecule has 0 radical (unpaired) electrons. The number of nitrogens with zero attached hydrogens (tertiary/aromatic N) is 10. The lowest BCUT2D eigenvalue weighted by Crippen LogP contribution is -2.32. The third-order valence-electron chi connectivity index (χ3n) is 14.4. The first-order valence-corrected chi connectivity index (χ1v) is 34.9. The van der Waals surface area contributed by atoms with Crippen molar-refractivity contribution in [1.29, 1.82) is 0 Å². The van der Waals surface area contributed by atoms with Crippen LogP contribution in [0.3, 0.4) is 0 Å². The molecule has 54 heteroatoms. The Bertz CT molecular complexity index is 3440. The Morgan fingerprint density at radius 3 is 0.392 bits per heavy atom. The minimum Gasteiger partial charge on any atom is -0.480 e. The number of aromatic amines is 10. The molecule has 120 heavy (non-hydrogen) atoms. The van der Waals surface area contributed by atoms with Crippen molar-refractivity contribution in [2.75, 3.05) is 6.54 Å². The van der Waals surface area contributed by atoms with Gasteiger partial charge >= 0.3 is 65.7 Å². The molecule has 10 aromatic rings. The number of rotatable bonds is 35. The Labute approximate surface area is 679 Å². The molecule has 54 nitrogen and oxygen atoms in total. The molecule has 11 atom stereocenters. The SMILES string of the molecule is NCCCC[C@H](N)C(=O)O.N[C@@H](Cc1cnc[nH]1)C(=O)O.N[C@@H](Cc1cnc[nH]1)C(=O)O.N[C@@H](Cc1cnc[nH]1)C(=O)O.N[C@@H](Cc1cnc[nH]1)C(=O)O.N[C@@H](Cc1cnc[nH]1)C(=O)O.N[C@@H](Cc1cnc[nH]1)C(=O)O.N[C@@H](Cc1cnc[nH]1)C(=O)O.N[C@@H](Cc1cnc[nH]1)C(=O)O.N[C@@H](Cc1cnc[nH]1)C(=O)O.N[C@@H](Cc1cnc[nH]1)C(=O)O. The average Bonchev–Trinajstić information content (AvgIpc) is 1.87. The lowest BCUT2D eigenvalue weighted by atomic mass is 10.1. The molecule has 0 aliphatic heterocycles. The summed E-state index contributed by atoms with van der Waals surface area (Å²) >= 11 is 0. The van der Waals surface area contributed by atoms with Crippen molar-refractivity contribution in [2.24, 2.45) is 68.8 Å². The Hall–Kier alpha value is -14.2. The smallest absolute Gasteiger partial charge is 0.320 e. The number of unbranched alkanes of at least 4 members (excludes halogenated alkanes) is 1. The predicted molar refractivity (Wildman–Crippen MR) is 418 cm³/mol. The Morgan fingerprint density at radius 2 is 0.317 bits per heavy atom. The van der Waals surface area contributed by atoms with Crippen molar-refractivity contribution in [3.8, 4) is 0 Å².